The average molecular weight is 1720 g/mol. The van der Waals surface area contributed by atoms with Crippen molar-refractivity contribution in [2.24, 2.45) is 0 Å². The first-order chi connectivity index (χ1) is 58.2. The number of carbonyl (C=O) groups is 23. The summed E-state index contributed by atoms with van der Waals surface area (Å²) in [5.74, 6) is -12.2. The molecule has 3 aromatic rings. The molecule has 0 spiro atoms. The number of carboxylic acids is 2. The number of amides is 20. The van der Waals surface area contributed by atoms with Crippen LogP contribution < -0.4 is 31.9 Å². The van der Waals surface area contributed by atoms with E-state index < -0.39 is 166 Å². The van der Waals surface area contributed by atoms with Crippen LogP contribution in [0.5, 0.6) is 0 Å². The van der Waals surface area contributed by atoms with Crippen LogP contribution in [0.25, 0.3) is 0 Å². The first kappa shape index (κ1) is 95.5. The fraction of sp³-hybridized carbons (Fsp3) is 0.405. The number of Topliss-reactive ketones (excluding diaryl/α,β-unsaturated/α-hetero) is 1. The normalized spacial score (nSPS) is 14.5. The molecule has 3 saturated heterocycles. The minimum atomic E-state index is -1.37. The SMILES string of the molecule is O=C(CCCN1C(=O)C=CC1=O)CN(CC(=O)NCCN1C(=O)C=CC1=O)C(=O)COCC(=O)Nc1ccc(CCC(=O)N2CCC2=O)cc1.O=C(COCC(=O)NC(CCS)C(=O)O)Nc1ccc(CCC(=O)N2CCC2=O)cc1.O=C(O)CN(CC(=O)NCCN1C(=O)C=CC1=O)C(=O)COCC(=O)Nc1ccc(CCC(=O)N2CCC2=O)cc1. The molecule has 9 rings (SSSR count). The van der Waals surface area contributed by atoms with E-state index in [9.17, 15) is 110 Å². The maximum Gasteiger partial charge on any atom is 0.326 e. The van der Waals surface area contributed by atoms with Crippen molar-refractivity contribution in [3.63, 3.8) is 0 Å². The Morgan fingerprint density at radius 3 is 1.02 bits per heavy atom. The number of ether oxygens (including phenoxy) is 3. The zero-order valence-corrected chi connectivity index (χ0v) is 66.8. The largest absolute Gasteiger partial charge is 0.480 e. The number of carbonyl (C=O) groups excluding carboxylic acids is 21. The summed E-state index contributed by atoms with van der Waals surface area (Å²) in [4.78, 5) is 281. The third-order valence-corrected chi connectivity index (χ3v) is 18.7. The van der Waals surface area contributed by atoms with Crippen LogP contribution >= 0.6 is 12.6 Å². The molecular formula is C79H90N14O28S. The second-order valence-corrected chi connectivity index (χ2v) is 27.9. The molecule has 1 unspecified atom stereocenters. The van der Waals surface area contributed by atoms with E-state index in [2.05, 4.69) is 44.5 Å². The number of benzene rings is 3. The molecule has 6 heterocycles. The first-order valence-corrected chi connectivity index (χ1v) is 38.8. The molecule has 43 heteroatoms. The van der Waals surface area contributed by atoms with Gasteiger partial charge in [0, 0.05) is 151 Å². The van der Waals surface area contributed by atoms with Crippen molar-refractivity contribution in [2.75, 3.05) is 140 Å². The van der Waals surface area contributed by atoms with Crippen LogP contribution in [0.3, 0.4) is 0 Å². The van der Waals surface area contributed by atoms with Gasteiger partial charge >= 0.3 is 11.9 Å². The molecule has 3 fully saturated rings. The number of β-lactam (4-membered cyclic amide) rings is 3. The minimum Gasteiger partial charge on any atom is -0.480 e. The van der Waals surface area contributed by atoms with Crippen LogP contribution in [-0.2, 0) is 144 Å². The number of hydrogen-bond acceptors (Lipinski definition) is 27. The fourth-order valence-electron chi connectivity index (χ4n) is 11.6. The van der Waals surface area contributed by atoms with Gasteiger partial charge < -0.3 is 66.1 Å². The Labute approximate surface area is 701 Å². The monoisotopic (exact) mass is 1710 g/mol. The molecule has 6 aliphatic heterocycles. The highest BCUT2D eigenvalue weighted by atomic mass is 32.1. The van der Waals surface area contributed by atoms with E-state index in [1.54, 1.807) is 72.8 Å². The number of anilines is 3. The van der Waals surface area contributed by atoms with Crippen molar-refractivity contribution >= 4 is 166 Å². The van der Waals surface area contributed by atoms with Gasteiger partial charge in [-0.15, -0.1) is 0 Å². The number of ketones is 1. The molecule has 0 saturated carbocycles. The molecule has 20 amide bonds. The van der Waals surface area contributed by atoms with Crippen molar-refractivity contribution in [1.82, 2.24) is 55.1 Å². The summed E-state index contributed by atoms with van der Waals surface area (Å²) < 4.78 is 15.4. The summed E-state index contributed by atoms with van der Waals surface area (Å²) in [5.41, 5.74) is 3.95. The zero-order chi connectivity index (χ0) is 89.0. The summed E-state index contributed by atoms with van der Waals surface area (Å²) in [7, 11) is 0. The second kappa shape index (κ2) is 48.4. The number of nitrogens with one attached hydrogen (secondary N) is 6. The van der Waals surface area contributed by atoms with Gasteiger partial charge in [0.2, 0.25) is 82.7 Å². The van der Waals surface area contributed by atoms with Gasteiger partial charge in [-0.3, -0.25) is 135 Å². The Kier molecular flexibility index (Phi) is 37.9. The Morgan fingerprint density at radius 1 is 0.393 bits per heavy atom. The molecule has 42 nitrogen and oxygen atoms in total. The van der Waals surface area contributed by atoms with Crippen molar-refractivity contribution < 1.29 is 135 Å². The lowest BCUT2D eigenvalue weighted by Gasteiger charge is -2.28. The van der Waals surface area contributed by atoms with Gasteiger partial charge in [-0.1, -0.05) is 36.4 Å². The van der Waals surface area contributed by atoms with Crippen molar-refractivity contribution in [3.8, 4) is 0 Å². The molecule has 122 heavy (non-hydrogen) atoms. The maximum atomic E-state index is 13.0. The third kappa shape index (κ3) is 31.9. The summed E-state index contributed by atoms with van der Waals surface area (Å²) in [5, 5.41) is 33.0. The van der Waals surface area contributed by atoms with Crippen LogP contribution in [0, 0.1) is 0 Å². The lowest BCUT2D eigenvalue weighted by atomic mass is 10.1. The number of imide groups is 6. The molecule has 0 bridgehead atoms. The Hall–Kier alpha value is -13.7. The van der Waals surface area contributed by atoms with E-state index in [0.717, 1.165) is 77.6 Å². The number of aliphatic carboxylic acids is 2. The predicted molar refractivity (Wildman–Crippen MR) is 423 cm³/mol. The number of hydrogen-bond donors (Lipinski definition) is 9. The number of rotatable bonds is 46. The maximum absolute atomic E-state index is 13.0. The zero-order valence-electron chi connectivity index (χ0n) is 65.9. The molecule has 1 atom stereocenters. The highest BCUT2D eigenvalue weighted by Gasteiger charge is 2.34. The average Bonchev–Trinajstić information content (AvgIpc) is 1.03. The summed E-state index contributed by atoms with van der Waals surface area (Å²) in [6, 6.07) is 19.2. The van der Waals surface area contributed by atoms with E-state index >= 15 is 0 Å². The van der Waals surface area contributed by atoms with E-state index in [1.807, 2.05) is 0 Å². The molecule has 0 aliphatic carbocycles. The second-order valence-electron chi connectivity index (χ2n) is 27.5. The highest BCUT2D eigenvalue weighted by Crippen LogP contribution is 2.20. The summed E-state index contributed by atoms with van der Waals surface area (Å²) >= 11 is 3.94. The standard InChI is InChI=1S/C33H36N6O11.C26H29N5O10.C20H25N3O7S/c40-24(2-1-15-37-28(44)9-10-29(37)45)18-36(19-25(41)34-14-17-39-30(46)11-12-31(39)47)33(49)21-50-20-26(42)35-23-6-3-22(4-7-23)5-8-27(43)38-16-13-32(38)48;32-19(27-10-12-31-22(35)7-8-23(31)36)13-29(14-26(39)40)25(38)16-41-15-20(33)28-18-4-1-17(2-5-18)3-6-21(34)30-11-9-24(30)37;24-16(11-30-12-17(25)22-15(8-10-31)20(28)29)21-14-4-1-13(2-5-14)3-6-18(26)23-9-7-19(23)27/h3-4,6-7,9-12H,1-2,5,8,13-21H2,(H,34,41)(H,35,42);1-2,4-5,7-8H,3,6,9-16H2,(H,27,32)(H,28,33)(H,39,40);1-2,4-5,15,31H,3,6-12H2,(H,21,24)(H,22,25)(H,28,29). The number of thiol groups is 1. The lowest BCUT2D eigenvalue weighted by molar-refractivity contribution is -0.153. The van der Waals surface area contributed by atoms with Crippen molar-refractivity contribution in [3.05, 3.63) is 126 Å². The fourth-order valence-corrected chi connectivity index (χ4v) is 11.9. The quantitative estimate of drug-likeness (QED) is 0.0154. The molecule has 8 N–H and O–H groups in total. The number of aryl methyl sites for hydroxylation is 3. The van der Waals surface area contributed by atoms with Gasteiger partial charge in [-0.25, -0.2) is 4.79 Å². The van der Waals surface area contributed by atoms with Crippen molar-refractivity contribution in [1.29, 1.82) is 0 Å². The molecular weight excluding hydrogens is 1630 g/mol. The van der Waals surface area contributed by atoms with Gasteiger partial charge in [0.1, 0.15) is 65.3 Å². The first-order valence-electron chi connectivity index (χ1n) is 38.2. The van der Waals surface area contributed by atoms with E-state index in [-0.39, 0.29) is 113 Å². The molecule has 0 aromatic heterocycles. The minimum absolute atomic E-state index is 0.00480. The van der Waals surface area contributed by atoms with E-state index in [4.69, 9.17) is 24.4 Å². The van der Waals surface area contributed by atoms with Gasteiger partial charge in [-0.2, -0.15) is 12.6 Å². The molecule has 0 radical (unpaired) electrons. The number of nitrogens with zero attached hydrogens (tertiary/aromatic N) is 8. The van der Waals surface area contributed by atoms with Crippen LogP contribution in [0.2, 0.25) is 0 Å². The Morgan fingerprint density at radius 2 is 0.713 bits per heavy atom. The smallest absolute Gasteiger partial charge is 0.326 e. The van der Waals surface area contributed by atoms with Crippen LogP contribution in [-0.4, -0.2) is 315 Å². The van der Waals surface area contributed by atoms with E-state index in [1.165, 1.54) is 14.7 Å². The van der Waals surface area contributed by atoms with Crippen LogP contribution in [0.1, 0.15) is 74.5 Å². The van der Waals surface area contributed by atoms with Crippen molar-refractivity contribution in [2.45, 2.75) is 83.1 Å². The predicted octanol–water partition coefficient (Wildman–Crippen LogP) is -3.01. The topological polar surface area (TPSA) is 559 Å². The summed E-state index contributed by atoms with van der Waals surface area (Å²) in [6.45, 7) is -4.68. The Balaban J connectivity index is 0.000000259. The van der Waals surface area contributed by atoms with Gasteiger partial charge in [0.05, 0.1) is 6.54 Å². The van der Waals surface area contributed by atoms with Crippen LogP contribution in [0.15, 0.2) is 109 Å². The Bertz CT molecular complexity index is 4490. The van der Waals surface area contributed by atoms with E-state index in [0.29, 0.717) is 81.0 Å². The molecule has 650 valence electrons. The molecule has 6 aliphatic rings. The number of likely N-dealkylation sites (tertiary alicyclic amines) is 3. The number of carboxylic acid groups (broad SMARTS) is 2. The highest BCUT2D eigenvalue weighted by molar-refractivity contribution is 7.80. The summed E-state index contributed by atoms with van der Waals surface area (Å²) in [6.07, 6.45) is 9.99. The third-order valence-electron chi connectivity index (χ3n) is 18.4. The van der Waals surface area contributed by atoms with Gasteiger partial charge in [0.25, 0.3) is 35.4 Å². The van der Waals surface area contributed by atoms with Gasteiger partial charge in [0.15, 0.2) is 5.78 Å². The lowest BCUT2D eigenvalue weighted by Crippen LogP contribution is -2.47. The molecule has 3 aromatic carbocycles. The van der Waals surface area contributed by atoms with Gasteiger partial charge in [-0.05, 0) is 90.9 Å². The van der Waals surface area contributed by atoms with Crippen LogP contribution in [0.4, 0.5) is 17.1 Å².